The van der Waals surface area contributed by atoms with Crippen molar-refractivity contribution in [3.05, 3.63) is 53.3 Å². The summed E-state index contributed by atoms with van der Waals surface area (Å²) in [5.41, 5.74) is 9.81. The Bertz CT molecular complexity index is 488. The number of hydrogen-bond donors (Lipinski definition) is 1. The predicted molar refractivity (Wildman–Crippen MR) is 74.4 cm³/mol. The Balaban J connectivity index is 2.16. The summed E-state index contributed by atoms with van der Waals surface area (Å²) in [6.07, 6.45) is 1.81. The summed E-state index contributed by atoms with van der Waals surface area (Å²) in [4.78, 5) is 0. The lowest BCUT2D eigenvalue weighted by molar-refractivity contribution is 0.585. The molecule has 2 N–H and O–H groups in total. The smallest absolute Gasteiger partial charge is 0.0624 e. The van der Waals surface area contributed by atoms with Gasteiger partial charge in [-0.3, -0.25) is 4.68 Å². The Hall–Kier alpha value is -1.61. The molecule has 1 aromatic carbocycles. The van der Waals surface area contributed by atoms with E-state index in [0.29, 0.717) is 0 Å². The summed E-state index contributed by atoms with van der Waals surface area (Å²) in [5, 5.41) is 4.56. The molecule has 3 nitrogen and oxygen atoms in total. The van der Waals surface area contributed by atoms with E-state index in [-0.39, 0.29) is 6.04 Å². The van der Waals surface area contributed by atoms with Crippen molar-refractivity contribution < 1.29 is 0 Å². The molecule has 0 aliphatic rings. The highest BCUT2D eigenvalue weighted by Gasteiger charge is 2.11. The molecule has 1 unspecified atom stereocenters. The fourth-order valence-electron chi connectivity index (χ4n) is 2.17. The first kappa shape index (κ1) is 12.8. The average molecular weight is 243 g/mol. The van der Waals surface area contributed by atoms with Crippen LogP contribution in [0, 0.1) is 0 Å². The molecule has 2 rings (SSSR count). The number of aryl methyl sites for hydroxylation is 2. The summed E-state index contributed by atoms with van der Waals surface area (Å²) in [6, 6.07) is 12.5. The first-order valence-corrected chi connectivity index (χ1v) is 6.60. The van der Waals surface area contributed by atoms with Gasteiger partial charge in [0.25, 0.3) is 0 Å². The molecular formula is C15H21N3. The van der Waals surface area contributed by atoms with Gasteiger partial charge in [0.1, 0.15) is 0 Å². The SMILES string of the molecule is CCc1cc(CC(N)c2ccccc2)n(CC)n1. The van der Waals surface area contributed by atoms with Crippen LogP contribution in [-0.2, 0) is 19.4 Å². The molecule has 0 fully saturated rings. The monoisotopic (exact) mass is 243 g/mol. The van der Waals surface area contributed by atoms with E-state index in [1.807, 2.05) is 18.2 Å². The molecule has 18 heavy (non-hydrogen) atoms. The summed E-state index contributed by atoms with van der Waals surface area (Å²) in [5.74, 6) is 0. The van der Waals surface area contributed by atoms with E-state index in [4.69, 9.17) is 5.73 Å². The molecule has 1 aromatic heterocycles. The first-order valence-electron chi connectivity index (χ1n) is 6.60. The molecule has 0 aliphatic heterocycles. The second-order valence-corrected chi connectivity index (χ2v) is 4.52. The van der Waals surface area contributed by atoms with Gasteiger partial charge in [-0.1, -0.05) is 37.3 Å². The molecule has 0 amide bonds. The van der Waals surface area contributed by atoms with E-state index in [9.17, 15) is 0 Å². The number of aromatic nitrogens is 2. The van der Waals surface area contributed by atoms with Crippen LogP contribution in [0.2, 0.25) is 0 Å². The van der Waals surface area contributed by atoms with Crippen LogP contribution in [-0.4, -0.2) is 9.78 Å². The van der Waals surface area contributed by atoms with Gasteiger partial charge in [0.05, 0.1) is 5.69 Å². The van der Waals surface area contributed by atoms with Gasteiger partial charge in [0, 0.05) is 24.7 Å². The molecule has 0 radical (unpaired) electrons. The van der Waals surface area contributed by atoms with Gasteiger partial charge in [0.15, 0.2) is 0 Å². The first-order chi connectivity index (χ1) is 8.74. The van der Waals surface area contributed by atoms with Crippen LogP contribution in [0.1, 0.15) is 36.8 Å². The maximum atomic E-state index is 6.26. The van der Waals surface area contributed by atoms with Crippen molar-refractivity contribution in [2.24, 2.45) is 5.73 Å². The Morgan fingerprint density at radius 2 is 1.94 bits per heavy atom. The Morgan fingerprint density at radius 3 is 2.56 bits per heavy atom. The van der Waals surface area contributed by atoms with Crippen molar-refractivity contribution in [2.75, 3.05) is 0 Å². The minimum absolute atomic E-state index is 0.0397. The van der Waals surface area contributed by atoms with Gasteiger partial charge >= 0.3 is 0 Å². The van der Waals surface area contributed by atoms with Crippen LogP contribution >= 0.6 is 0 Å². The molecule has 0 spiro atoms. The largest absolute Gasteiger partial charge is 0.324 e. The zero-order valence-corrected chi connectivity index (χ0v) is 11.1. The molecule has 96 valence electrons. The zero-order valence-electron chi connectivity index (χ0n) is 11.1. The van der Waals surface area contributed by atoms with Crippen LogP contribution < -0.4 is 5.73 Å². The highest BCUT2D eigenvalue weighted by atomic mass is 15.3. The van der Waals surface area contributed by atoms with Crippen molar-refractivity contribution in [2.45, 2.75) is 39.3 Å². The van der Waals surface area contributed by atoms with Gasteiger partial charge in [-0.2, -0.15) is 5.10 Å². The zero-order chi connectivity index (χ0) is 13.0. The van der Waals surface area contributed by atoms with E-state index in [1.165, 1.54) is 11.3 Å². The molecule has 0 saturated heterocycles. The minimum atomic E-state index is 0.0397. The van der Waals surface area contributed by atoms with Gasteiger partial charge in [0.2, 0.25) is 0 Å². The van der Waals surface area contributed by atoms with Gasteiger partial charge < -0.3 is 5.73 Å². The summed E-state index contributed by atoms with van der Waals surface area (Å²) >= 11 is 0. The third kappa shape index (κ3) is 2.79. The second kappa shape index (κ2) is 5.83. The van der Waals surface area contributed by atoms with Crippen LogP contribution in [0.25, 0.3) is 0 Å². The lowest BCUT2D eigenvalue weighted by Crippen LogP contribution is -2.16. The lowest BCUT2D eigenvalue weighted by atomic mass is 10.0. The Kier molecular flexibility index (Phi) is 4.15. The Labute approximate surface area is 109 Å². The number of benzene rings is 1. The predicted octanol–water partition coefficient (Wildman–Crippen LogP) is 2.71. The van der Waals surface area contributed by atoms with Gasteiger partial charge in [-0.05, 0) is 25.0 Å². The lowest BCUT2D eigenvalue weighted by Gasteiger charge is -2.12. The van der Waals surface area contributed by atoms with Crippen LogP contribution in [0.3, 0.4) is 0 Å². The highest BCUT2D eigenvalue weighted by Crippen LogP contribution is 2.17. The molecule has 2 aromatic rings. The van der Waals surface area contributed by atoms with Crippen molar-refractivity contribution in [1.29, 1.82) is 0 Å². The molecule has 3 heteroatoms. The van der Waals surface area contributed by atoms with E-state index >= 15 is 0 Å². The van der Waals surface area contributed by atoms with E-state index < -0.39 is 0 Å². The second-order valence-electron chi connectivity index (χ2n) is 4.52. The fourth-order valence-corrected chi connectivity index (χ4v) is 2.17. The van der Waals surface area contributed by atoms with Gasteiger partial charge in [-0.25, -0.2) is 0 Å². The van der Waals surface area contributed by atoms with Gasteiger partial charge in [-0.15, -0.1) is 0 Å². The number of rotatable bonds is 5. The van der Waals surface area contributed by atoms with Crippen LogP contribution in [0.4, 0.5) is 0 Å². The maximum Gasteiger partial charge on any atom is 0.0624 e. The summed E-state index contributed by atoms with van der Waals surface area (Å²) in [6.45, 7) is 5.14. The third-order valence-electron chi connectivity index (χ3n) is 3.23. The number of hydrogen-bond acceptors (Lipinski definition) is 2. The summed E-state index contributed by atoms with van der Waals surface area (Å²) < 4.78 is 2.06. The molecule has 1 heterocycles. The molecule has 0 aliphatic carbocycles. The number of nitrogens with zero attached hydrogens (tertiary/aromatic N) is 2. The Morgan fingerprint density at radius 1 is 1.22 bits per heavy atom. The molecular weight excluding hydrogens is 222 g/mol. The standard InChI is InChI=1S/C15H21N3/c1-3-13-10-14(18(4-2)17-13)11-15(16)12-8-6-5-7-9-12/h5-10,15H,3-4,11,16H2,1-2H3. The topological polar surface area (TPSA) is 43.8 Å². The van der Waals surface area contributed by atoms with Crippen LogP contribution in [0.15, 0.2) is 36.4 Å². The highest BCUT2D eigenvalue weighted by molar-refractivity contribution is 5.21. The van der Waals surface area contributed by atoms with Crippen molar-refractivity contribution in [3.63, 3.8) is 0 Å². The normalized spacial score (nSPS) is 12.6. The van der Waals surface area contributed by atoms with E-state index in [0.717, 1.165) is 25.1 Å². The van der Waals surface area contributed by atoms with Crippen LogP contribution in [0.5, 0.6) is 0 Å². The molecule has 1 atom stereocenters. The third-order valence-corrected chi connectivity index (χ3v) is 3.23. The molecule has 0 saturated carbocycles. The molecule has 0 bridgehead atoms. The average Bonchev–Trinajstić information content (AvgIpc) is 2.82. The van der Waals surface area contributed by atoms with E-state index in [2.05, 4.69) is 41.8 Å². The maximum absolute atomic E-state index is 6.26. The number of nitrogens with two attached hydrogens (primary N) is 1. The quantitative estimate of drug-likeness (QED) is 0.877. The van der Waals surface area contributed by atoms with E-state index in [1.54, 1.807) is 0 Å². The van der Waals surface area contributed by atoms with Crippen molar-refractivity contribution >= 4 is 0 Å². The van der Waals surface area contributed by atoms with Crippen molar-refractivity contribution in [1.82, 2.24) is 9.78 Å². The van der Waals surface area contributed by atoms with Crippen molar-refractivity contribution in [3.8, 4) is 0 Å². The fraction of sp³-hybridized carbons (Fsp3) is 0.400. The minimum Gasteiger partial charge on any atom is -0.324 e. The summed E-state index contributed by atoms with van der Waals surface area (Å²) in [7, 11) is 0.